The summed E-state index contributed by atoms with van der Waals surface area (Å²) in [6.07, 6.45) is 0. The summed E-state index contributed by atoms with van der Waals surface area (Å²) in [6, 6.07) is 12.2. The Labute approximate surface area is 210 Å². The quantitative estimate of drug-likeness (QED) is 0.321. The number of hydrogen-bond donors (Lipinski definition) is 1. The molecular formula is C25H32N4O5S. The largest absolute Gasteiger partial charge is 0.467 e. The molecule has 3 aromatic rings. The summed E-state index contributed by atoms with van der Waals surface area (Å²) in [5, 5.41) is 7.51. The molecule has 1 aliphatic rings. The molecule has 4 rings (SSSR count). The predicted molar refractivity (Wildman–Crippen MR) is 136 cm³/mol. The van der Waals surface area contributed by atoms with Crippen LogP contribution in [0.3, 0.4) is 0 Å². The van der Waals surface area contributed by atoms with Gasteiger partial charge in [-0.3, -0.25) is 9.67 Å². The van der Waals surface area contributed by atoms with Crippen LogP contribution in [-0.2, 0) is 14.2 Å². The highest BCUT2D eigenvalue weighted by molar-refractivity contribution is 7.71. The normalized spacial score (nSPS) is 13.9. The van der Waals surface area contributed by atoms with Gasteiger partial charge in [-0.05, 0) is 54.0 Å². The van der Waals surface area contributed by atoms with E-state index in [2.05, 4.69) is 53.2 Å². The molecular weight excluding hydrogens is 468 g/mol. The Bertz CT molecular complexity index is 1170. The van der Waals surface area contributed by atoms with E-state index >= 15 is 0 Å². The van der Waals surface area contributed by atoms with Gasteiger partial charge in [0.05, 0.1) is 24.5 Å². The molecule has 1 aliphatic heterocycles. The van der Waals surface area contributed by atoms with Crippen molar-refractivity contribution >= 4 is 17.9 Å². The van der Waals surface area contributed by atoms with Crippen molar-refractivity contribution in [3.63, 3.8) is 0 Å². The summed E-state index contributed by atoms with van der Waals surface area (Å²) in [5.41, 5.74) is 3.84. The first-order chi connectivity index (χ1) is 17.0. The number of morpholine rings is 1. The fraction of sp³-hybridized carbons (Fsp3) is 0.440. The molecule has 2 heterocycles. The molecule has 1 aromatic heterocycles. The van der Waals surface area contributed by atoms with Crippen molar-refractivity contribution in [3.05, 3.63) is 46.7 Å². The Morgan fingerprint density at radius 1 is 0.971 bits per heavy atom. The number of rotatable bonds is 10. The third-order valence-corrected chi connectivity index (χ3v) is 6.07. The van der Waals surface area contributed by atoms with Gasteiger partial charge in [0.15, 0.2) is 24.2 Å². The first-order valence-electron chi connectivity index (χ1n) is 11.6. The van der Waals surface area contributed by atoms with Crippen LogP contribution in [-0.4, -0.2) is 68.9 Å². The van der Waals surface area contributed by atoms with E-state index in [1.54, 1.807) is 14.2 Å². The van der Waals surface area contributed by atoms with Crippen LogP contribution in [0.5, 0.6) is 11.5 Å². The van der Waals surface area contributed by atoms with Crippen LogP contribution < -0.4 is 14.4 Å². The number of hydrogen-bond acceptors (Lipinski definition) is 8. The van der Waals surface area contributed by atoms with E-state index < -0.39 is 0 Å². The Morgan fingerprint density at radius 3 is 2.23 bits per heavy atom. The third-order valence-electron chi connectivity index (χ3n) is 5.80. The Balaban J connectivity index is 1.77. The van der Waals surface area contributed by atoms with Gasteiger partial charge in [0, 0.05) is 39.1 Å². The van der Waals surface area contributed by atoms with Gasteiger partial charge in [-0.2, -0.15) is 5.10 Å². The van der Waals surface area contributed by atoms with Gasteiger partial charge < -0.3 is 28.6 Å². The maximum absolute atomic E-state index is 5.93. The number of nitrogens with zero attached hydrogens (tertiary/aromatic N) is 3. The molecule has 0 aliphatic carbocycles. The average Bonchev–Trinajstić information content (AvgIpc) is 3.27. The van der Waals surface area contributed by atoms with Gasteiger partial charge >= 0.3 is 0 Å². The zero-order valence-corrected chi connectivity index (χ0v) is 21.4. The van der Waals surface area contributed by atoms with Gasteiger partial charge in [-0.15, -0.1) is 0 Å². The first-order valence-corrected chi connectivity index (χ1v) is 12.0. The van der Waals surface area contributed by atoms with Crippen LogP contribution in [0.4, 0.5) is 5.69 Å². The van der Waals surface area contributed by atoms with Crippen molar-refractivity contribution in [1.82, 2.24) is 14.8 Å². The molecule has 9 nitrogen and oxygen atoms in total. The molecule has 35 heavy (non-hydrogen) atoms. The van der Waals surface area contributed by atoms with Crippen molar-refractivity contribution in [2.75, 3.05) is 59.0 Å². The van der Waals surface area contributed by atoms with Gasteiger partial charge in [0.2, 0.25) is 0 Å². The highest BCUT2D eigenvalue weighted by Gasteiger charge is 2.21. The first kappa shape index (κ1) is 25.2. The molecule has 0 amide bonds. The monoisotopic (exact) mass is 500 g/mol. The lowest BCUT2D eigenvalue weighted by atomic mass is 9.98. The van der Waals surface area contributed by atoms with E-state index in [9.17, 15) is 0 Å². The minimum atomic E-state index is 0.0805. The zero-order valence-electron chi connectivity index (χ0n) is 20.6. The molecule has 1 saturated heterocycles. The molecule has 0 saturated carbocycles. The van der Waals surface area contributed by atoms with E-state index in [-0.39, 0.29) is 19.5 Å². The standard InChI is InChI=1S/C25H32N4O5S/c1-17(2)20-13-21(23(34-16-31-4)14-22(20)33-15-30-3)24-26-27-25(35)29(24)19-7-5-18(6-8-19)28-9-11-32-12-10-28/h5-8,13-14,17H,9-12,15-16H2,1-4H3,(H,27,35). The molecule has 1 N–H and O–H groups in total. The van der Waals surface area contributed by atoms with E-state index in [4.69, 9.17) is 35.9 Å². The average molecular weight is 501 g/mol. The van der Waals surface area contributed by atoms with E-state index in [1.165, 1.54) is 0 Å². The minimum absolute atomic E-state index is 0.0805. The highest BCUT2D eigenvalue weighted by atomic mass is 32.1. The predicted octanol–water partition coefficient (Wildman–Crippen LogP) is 4.52. The zero-order chi connectivity index (χ0) is 24.8. The second-order valence-corrected chi connectivity index (χ2v) is 8.83. The van der Waals surface area contributed by atoms with Gasteiger partial charge in [0.25, 0.3) is 0 Å². The Morgan fingerprint density at radius 2 is 1.60 bits per heavy atom. The van der Waals surface area contributed by atoms with Crippen LogP contribution in [0, 0.1) is 4.77 Å². The maximum Gasteiger partial charge on any atom is 0.200 e. The summed E-state index contributed by atoms with van der Waals surface area (Å²) in [6.45, 7) is 7.67. The second-order valence-electron chi connectivity index (χ2n) is 8.45. The number of H-pyrrole nitrogens is 1. The number of methoxy groups -OCH3 is 2. The Hall–Kier alpha value is -2.92. The highest BCUT2D eigenvalue weighted by Crippen LogP contribution is 2.39. The summed E-state index contributed by atoms with van der Waals surface area (Å²) >= 11 is 5.62. The number of ether oxygens (including phenoxy) is 5. The molecule has 2 aromatic carbocycles. The molecule has 188 valence electrons. The SMILES string of the molecule is COCOc1cc(OCOC)c(C(C)C)cc1-c1n[nH]c(=S)n1-c1ccc(N2CCOCC2)cc1. The van der Waals surface area contributed by atoms with E-state index in [1.807, 2.05) is 16.7 Å². The Kier molecular flexibility index (Phi) is 8.40. The molecule has 0 unspecified atom stereocenters. The molecule has 0 atom stereocenters. The lowest BCUT2D eigenvalue weighted by Gasteiger charge is -2.29. The van der Waals surface area contributed by atoms with Crippen molar-refractivity contribution in [3.8, 4) is 28.6 Å². The second kappa shape index (κ2) is 11.7. The third kappa shape index (κ3) is 5.67. The van der Waals surface area contributed by atoms with Crippen molar-refractivity contribution in [2.45, 2.75) is 19.8 Å². The fourth-order valence-electron chi connectivity index (χ4n) is 4.04. The van der Waals surface area contributed by atoms with Crippen molar-refractivity contribution in [1.29, 1.82) is 0 Å². The van der Waals surface area contributed by atoms with E-state index in [0.717, 1.165) is 48.8 Å². The summed E-state index contributed by atoms with van der Waals surface area (Å²) in [7, 11) is 3.17. The van der Waals surface area contributed by atoms with Crippen molar-refractivity contribution < 1.29 is 23.7 Å². The summed E-state index contributed by atoms with van der Waals surface area (Å²) < 4.78 is 29.9. The molecule has 0 spiro atoms. The number of benzene rings is 2. The number of anilines is 1. The summed E-state index contributed by atoms with van der Waals surface area (Å²) in [5.74, 6) is 2.09. The number of aromatic amines is 1. The van der Waals surface area contributed by atoms with Crippen LogP contribution >= 0.6 is 12.2 Å². The number of nitrogens with one attached hydrogen (secondary N) is 1. The number of aromatic nitrogens is 3. The molecule has 10 heteroatoms. The van der Waals surface area contributed by atoms with Crippen LogP contribution in [0.15, 0.2) is 36.4 Å². The maximum atomic E-state index is 5.93. The smallest absolute Gasteiger partial charge is 0.200 e. The van der Waals surface area contributed by atoms with Gasteiger partial charge in [-0.25, -0.2) is 0 Å². The van der Waals surface area contributed by atoms with Crippen LogP contribution in [0.1, 0.15) is 25.3 Å². The van der Waals surface area contributed by atoms with E-state index in [0.29, 0.717) is 22.1 Å². The fourth-order valence-corrected chi connectivity index (χ4v) is 4.28. The van der Waals surface area contributed by atoms with Crippen LogP contribution in [0.25, 0.3) is 17.1 Å². The van der Waals surface area contributed by atoms with Gasteiger partial charge in [0.1, 0.15) is 11.5 Å². The molecule has 0 radical (unpaired) electrons. The van der Waals surface area contributed by atoms with Crippen LogP contribution in [0.2, 0.25) is 0 Å². The van der Waals surface area contributed by atoms with Gasteiger partial charge in [-0.1, -0.05) is 13.8 Å². The molecule has 1 fully saturated rings. The topological polar surface area (TPSA) is 83.0 Å². The minimum Gasteiger partial charge on any atom is -0.467 e. The lowest BCUT2D eigenvalue weighted by molar-refractivity contribution is 0.0457. The summed E-state index contributed by atoms with van der Waals surface area (Å²) in [4.78, 5) is 2.31. The molecule has 0 bridgehead atoms. The van der Waals surface area contributed by atoms with Crippen molar-refractivity contribution in [2.24, 2.45) is 0 Å². The lowest BCUT2D eigenvalue weighted by Crippen LogP contribution is -2.36.